The van der Waals surface area contributed by atoms with Gasteiger partial charge < -0.3 is 4.98 Å². The molecular formula is C22H18BrN3O2S. The van der Waals surface area contributed by atoms with Crippen molar-refractivity contribution >= 4 is 47.9 Å². The van der Waals surface area contributed by atoms with Crippen LogP contribution in [0.2, 0.25) is 0 Å². The third-order valence-electron chi connectivity index (χ3n) is 5.35. The lowest BCUT2D eigenvalue weighted by molar-refractivity contribution is 0.580. The van der Waals surface area contributed by atoms with Crippen LogP contribution in [-0.2, 0) is 10.0 Å². The minimum Gasteiger partial charge on any atom is -0.361 e. The molecule has 0 saturated carbocycles. The van der Waals surface area contributed by atoms with Crippen molar-refractivity contribution in [2.75, 3.05) is 0 Å². The smallest absolute Gasteiger partial charge is 0.247 e. The Bertz CT molecular complexity index is 1430. The first-order chi connectivity index (χ1) is 13.9. The number of benzene rings is 1. The highest BCUT2D eigenvalue weighted by Gasteiger charge is 2.28. The summed E-state index contributed by atoms with van der Waals surface area (Å²) in [6, 6.07) is 9.99. The summed E-state index contributed by atoms with van der Waals surface area (Å²) in [6.07, 6.45) is 11.3. The molecular weight excluding hydrogens is 450 g/mol. The molecule has 1 aliphatic rings. The fourth-order valence-electron chi connectivity index (χ4n) is 3.77. The summed E-state index contributed by atoms with van der Waals surface area (Å²) in [5.74, 6) is 0. The molecule has 3 aromatic heterocycles. The molecule has 1 aromatic carbocycles. The van der Waals surface area contributed by atoms with Crippen molar-refractivity contribution in [3.05, 3.63) is 77.2 Å². The third kappa shape index (κ3) is 3.05. The largest absolute Gasteiger partial charge is 0.361 e. The van der Waals surface area contributed by atoms with E-state index >= 15 is 0 Å². The highest BCUT2D eigenvalue weighted by atomic mass is 79.9. The summed E-state index contributed by atoms with van der Waals surface area (Å²) in [5, 5.41) is 1.27. The van der Waals surface area contributed by atoms with Crippen LogP contribution in [-0.4, -0.2) is 27.6 Å². The lowest BCUT2D eigenvalue weighted by atomic mass is 10.0. The molecule has 0 saturated heterocycles. The average molecular weight is 468 g/mol. The maximum atomic E-state index is 13.4. The molecule has 0 spiro atoms. The number of rotatable bonds is 3. The maximum absolute atomic E-state index is 13.4. The van der Waals surface area contributed by atoms with Crippen LogP contribution in [0.5, 0.6) is 0 Å². The Balaban J connectivity index is 1.72. The zero-order chi connectivity index (χ0) is 20.2. The summed E-state index contributed by atoms with van der Waals surface area (Å²) in [6.45, 7) is 1.97. The highest BCUT2D eigenvalue weighted by molar-refractivity contribution is 9.10. The van der Waals surface area contributed by atoms with Crippen LogP contribution in [0.25, 0.3) is 33.1 Å². The number of fused-ring (bicyclic) bond motifs is 2. The maximum Gasteiger partial charge on any atom is 0.247 e. The van der Waals surface area contributed by atoms with E-state index in [1.54, 1.807) is 18.5 Å². The number of H-pyrrole nitrogens is 1. The lowest BCUT2D eigenvalue weighted by Gasteiger charge is -2.17. The number of aromatic amines is 1. The van der Waals surface area contributed by atoms with Crippen molar-refractivity contribution < 1.29 is 8.42 Å². The topological polar surface area (TPSA) is 67.8 Å². The summed E-state index contributed by atoms with van der Waals surface area (Å²) in [7, 11) is -3.64. The number of hydrogen-bond donors (Lipinski definition) is 1. The number of hydrogen-bond acceptors (Lipinski definition) is 3. The van der Waals surface area contributed by atoms with Gasteiger partial charge in [-0.3, -0.25) is 0 Å². The van der Waals surface area contributed by atoms with E-state index in [0.29, 0.717) is 12.1 Å². The first kappa shape index (κ1) is 18.4. The van der Waals surface area contributed by atoms with Gasteiger partial charge in [0.25, 0.3) is 0 Å². The van der Waals surface area contributed by atoms with Crippen molar-refractivity contribution in [3.8, 4) is 11.1 Å². The molecule has 0 bridgehead atoms. The molecule has 4 aromatic rings. The molecule has 146 valence electrons. The Morgan fingerprint density at radius 1 is 1.24 bits per heavy atom. The fourth-order valence-corrected chi connectivity index (χ4v) is 5.65. The molecule has 1 aliphatic carbocycles. The number of pyridine rings is 1. The molecule has 1 unspecified atom stereocenters. The highest BCUT2D eigenvalue weighted by Crippen LogP contribution is 2.35. The molecule has 1 N–H and O–H groups in total. The van der Waals surface area contributed by atoms with Crippen molar-refractivity contribution in [3.63, 3.8) is 0 Å². The van der Waals surface area contributed by atoms with Gasteiger partial charge in [-0.1, -0.05) is 29.9 Å². The molecule has 3 heterocycles. The van der Waals surface area contributed by atoms with E-state index in [-0.39, 0.29) is 0 Å². The Labute approximate surface area is 176 Å². The standard InChI is InChI=1S/C22H18BrN3O2S/c1-14-2-5-18(6-3-14)29(27,28)26-13-20(19-11-17(23)12-25-22(19)26)15-4-7-21-16(10-15)8-9-24-21/h2-5,7-13,18,24H,6H2,1H3. The van der Waals surface area contributed by atoms with Crippen LogP contribution >= 0.6 is 15.9 Å². The molecule has 0 radical (unpaired) electrons. The van der Waals surface area contributed by atoms with Gasteiger partial charge in [0, 0.05) is 39.5 Å². The average Bonchev–Trinajstić information content (AvgIpc) is 3.32. The van der Waals surface area contributed by atoms with Gasteiger partial charge in [-0.2, -0.15) is 0 Å². The van der Waals surface area contributed by atoms with E-state index in [2.05, 4.69) is 32.0 Å². The second kappa shape index (κ2) is 6.71. The van der Waals surface area contributed by atoms with Gasteiger partial charge in [-0.05, 0) is 64.5 Å². The number of nitrogens with zero attached hydrogens (tertiary/aromatic N) is 2. The van der Waals surface area contributed by atoms with Gasteiger partial charge in [0.2, 0.25) is 10.0 Å². The second-order valence-electron chi connectivity index (χ2n) is 7.27. The summed E-state index contributed by atoms with van der Waals surface area (Å²) < 4.78 is 29.0. The summed E-state index contributed by atoms with van der Waals surface area (Å²) in [4.78, 5) is 7.63. The third-order valence-corrected chi connectivity index (χ3v) is 7.72. The predicted molar refractivity (Wildman–Crippen MR) is 120 cm³/mol. The van der Waals surface area contributed by atoms with Gasteiger partial charge in [0.05, 0.1) is 0 Å². The van der Waals surface area contributed by atoms with Gasteiger partial charge in [-0.25, -0.2) is 17.4 Å². The second-order valence-corrected chi connectivity index (χ2v) is 10.2. The van der Waals surface area contributed by atoms with Gasteiger partial charge in [-0.15, -0.1) is 0 Å². The van der Waals surface area contributed by atoms with Crippen molar-refractivity contribution in [2.24, 2.45) is 0 Å². The van der Waals surface area contributed by atoms with Crippen molar-refractivity contribution in [1.82, 2.24) is 13.9 Å². The first-order valence-corrected chi connectivity index (χ1v) is 11.6. The molecule has 0 fully saturated rings. The SMILES string of the molecule is CC1=CCC(S(=O)(=O)n2cc(-c3ccc4[nH]ccc4c3)c3cc(Br)cnc32)C=C1. The van der Waals surface area contributed by atoms with Crippen LogP contribution in [0, 0.1) is 0 Å². The molecule has 7 heteroatoms. The van der Waals surface area contributed by atoms with E-state index < -0.39 is 15.3 Å². The number of nitrogens with one attached hydrogen (secondary N) is 1. The van der Waals surface area contributed by atoms with Crippen LogP contribution in [0.1, 0.15) is 13.3 Å². The number of allylic oxidation sites excluding steroid dienone is 3. The van der Waals surface area contributed by atoms with Crippen molar-refractivity contribution in [1.29, 1.82) is 0 Å². The monoisotopic (exact) mass is 467 g/mol. The van der Waals surface area contributed by atoms with Crippen LogP contribution in [0.4, 0.5) is 0 Å². The van der Waals surface area contributed by atoms with Crippen molar-refractivity contribution in [2.45, 2.75) is 18.6 Å². The Morgan fingerprint density at radius 2 is 2.10 bits per heavy atom. The summed E-state index contributed by atoms with van der Waals surface area (Å²) >= 11 is 3.47. The number of halogens is 1. The zero-order valence-corrected chi connectivity index (χ0v) is 18.0. The lowest BCUT2D eigenvalue weighted by Crippen LogP contribution is -2.26. The minimum atomic E-state index is -3.64. The minimum absolute atomic E-state index is 0.442. The Kier molecular flexibility index (Phi) is 4.26. The van der Waals surface area contributed by atoms with Crippen LogP contribution in [0.15, 0.2) is 77.2 Å². The zero-order valence-electron chi connectivity index (χ0n) is 15.6. The van der Waals surface area contributed by atoms with E-state index in [1.165, 1.54) is 3.97 Å². The van der Waals surface area contributed by atoms with E-state index in [4.69, 9.17) is 0 Å². The van der Waals surface area contributed by atoms with E-state index in [9.17, 15) is 8.42 Å². The quantitative estimate of drug-likeness (QED) is 0.438. The normalized spacial score (nSPS) is 17.2. The molecule has 5 nitrogen and oxygen atoms in total. The fraction of sp³-hybridized carbons (Fsp3) is 0.136. The van der Waals surface area contributed by atoms with Gasteiger partial charge in [0.15, 0.2) is 5.65 Å². The number of aromatic nitrogens is 3. The van der Waals surface area contributed by atoms with E-state index in [1.807, 2.05) is 49.5 Å². The molecule has 0 aliphatic heterocycles. The Hall–Kier alpha value is -2.64. The molecule has 0 amide bonds. The molecule has 1 atom stereocenters. The van der Waals surface area contributed by atoms with Crippen LogP contribution in [0.3, 0.4) is 0 Å². The summed E-state index contributed by atoms with van der Waals surface area (Å²) in [5.41, 5.74) is 4.35. The van der Waals surface area contributed by atoms with Gasteiger partial charge in [0.1, 0.15) is 5.25 Å². The molecule has 5 rings (SSSR count). The Morgan fingerprint density at radius 3 is 2.90 bits per heavy atom. The van der Waals surface area contributed by atoms with E-state index in [0.717, 1.165) is 37.5 Å². The van der Waals surface area contributed by atoms with Crippen LogP contribution < -0.4 is 0 Å². The first-order valence-electron chi connectivity index (χ1n) is 9.27. The van der Waals surface area contributed by atoms with Gasteiger partial charge >= 0.3 is 0 Å². The molecule has 29 heavy (non-hydrogen) atoms. The predicted octanol–water partition coefficient (Wildman–Crippen LogP) is 5.40.